The Balaban J connectivity index is 2.09. The van der Waals surface area contributed by atoms with Gasteiger partial charge in [-0.2, -0.15) is 0 Å². The van der Waals surface area contributed by atoms with Crippen molar-refractivity contribution in [3.8, 4) is 23.0 Å². The number of hydrogen-bond donors (Lipinski definition) is 4. The maximum Gasteiger partial charge on any atom is 0.143 e. The van der Waals surface area contributed by atoms with Gasteiger partial charge in [-0.3, -0.25) is 0 Å². The van der Waals surface area contributed by atoms with Crippen molar-refractivity contribution >= 4 is 86.9 Å². The summed E-state index contributed by atoms with van der Waals surface area (Å²) < 4.78 is 1.94. The topological polar surface area (TPSA) is 80.9 Å². The molecular formula is C26H16Br4Cl2O4. The largest absolute Gasteiger partial charge is 0.506 e. The lowest BCUT2D eigenvalue weighted by molar-refractivity contribution is 0.467. The van der Waals surface area contributed by atoms with E-state index in [-0.39, 0.29) is 33.0 Å². The van der Waals surface area contributed by atoms with Gasteiger partial charge in [0.1, 0.15) is 23.0 Å². The molecule has 10 heteroatoms. The second kappa shape index (κ2) is 11.1. The van der Waals surface area contributed by atoms with Crippen LogP contribution in [0.3, 0.4) is 0 Å². The first-order valence-corrected chi connectivity index (χ1v) is 14.2. The summed E-state index contributed by atoms with van der Waals surface area (Å²) in [5, 5.41) is 41.3. The number of rotatable bonds is 5. The van der Waals surface area contributed by atoms with Crippen LogP contribution in [0, 0.1) is 0 Å². The monoisotopic (exact) mass is 778 g/mol. The Hall–Kier alpha value is -1.42. The molecule has 4 rings (SSSR count). The minimum Gasteiger partial charge on any atom is -0.506 e. The van der Waals surface area contributed by atoms with Crippen LogP contribution >= 0.6 is 86.9 Å². The molecule has 0 aromatic heterocycles. The van der Waals surface area contributed by atoms with Gasteiger partial charge in [0.15, 0.2) is 0 Å². The Labute approximate surface area is 251 Å². The molecule has 0 amide bonds. The molecule has 4 aromatic carbocycles. The molecule has 0 fully saturated rings. The third-order valence-electron chi connectivity index (χ3n) is 5.79. The molecule has 36 heavy (non-hydrogen) atoms. The molecule has 0 aliphatic carbocycles. The van der Waals surface area contributed by atoms with Crippen LogP contribution in [0.2, 0.25) is 10.0 Å². The summed E-state index contributed by atoms with van der Waals surface area (Å²) in [7, 11) is 0. The summed E-state index contributed by atoms with van der Waals surface area (Å²) in [5.41, 5.74) is 3.17. The fourth-order valence-corrected chi connectivity index (χ4v) is 6.94. The van der Waals surface area contributed by atoms with Crippen molar-refractivity contribution in [2.24, 2.45) is 0 Å². The van der Waals surface area contributed by atoms with Crippen LogP contribution in [0.1, 0.15) is 34.1 Å². The summed E-state index contributed by atoms with van der Waals surface area (Å²) in [6.45, 7) is 0. The van der Waals surface area contributed by atoms with E-state index >= 15 is 0 Å². The SMILES string of the molecule is Oc1ccc(C(c2ccc(O)c(Cl)c2)C(c2cc(Br)c(O)c(Br)c2)c2cc(Br)c(O)c(Br)c2)cc1Cl. The molecule has 0 aliphatic heterocycles. The molecule has 0 heterocycles. The second-order valence-electron chi connectivity index (χ2n) is 8.04. The van der Waals surface area contributed by atoms with Crippen LogP contribution in [0.25, 0.3) is 0 Å². The Morgan fingerprint density at radius 1 is 0.472 bits per heavy atom. The van der Waals surface area contributed by atoms with E-state index in [9.17, 15) is 20.4 Å². The Morgan fingerprint density at radius 3 is 1.08 bits per heavy atom. The average Bonchev–Trinajstić information content (AvgIpc) is 2.82. The lowest BCUT2D eigenvalue weighted by Gasteiger charge is -2.31. The predicted molar refractivity (Wildman–Crippen MR) is 157 cm³/mol. The summed E-state index contributed by atoms with van der Waals surface area (Å²) in [5.74, 6) is -0.820. The molecule has 0 saturated carbocycles. The van der Waals surface area contributed by atoms with Crippen LogP contribution < -0.4 is 0 Å². The van der Waals surface area contributed by atoms with Gasteiger partial charge >= 0.3 is 0 Å². The van der Waals surface area contributed by atoms with E-state index in [4.69, 9.17) is 23.2 Å². The summed E-state index contributed by atoms with van der Waals surface area (Å²) in [4.78, 5) is 0. The van der Waals surface area contributed by atoms with Gasteiger partial charge in [-0.15, -0.1) is 0 Å². The fourth-order valence-electron chi connectivity index (χ4n) is 4.12. The lowest BCUT2D eigenvalue weighted by Crippen LogP contribution is -2.15. The highest BCUT2D eigenvalue weighted by Gasteiger charge is 2.31. The Bertz CT molecular complexity index is 1320. The number of phenols is 4. The maximum absolute atomic E-state index is 10.4. The van der Waals surface area contributed by atoms with Gasteiger partial charge in [-0.25, -0.2) is 0 Å². The minimum absolute atomic E-state index is 0.0512. The van der Waals surface area contributed by atoms with E-state index in [2.05, 4.69) is 63.7 Å². The third kappa shape index (κ3) is 5.54. The van der Waals surface area contributed by atoms with E-state index < -0.39 is 11.8 Å². The van der Waals surface area contributed by atoms with Crippen molar-refractivity contribution in [3.05, 3.63) is 111 Å². The van der Waals surface area contributed by atoms with Crippen LogP contribution in [-0.4, -0.2) is 20.4 Å². The third-order valence-corrected chi connectivity index (χ3v) is 8.82. The van der Waals surface area contributed by atoms with Gasteiger partial charge < -0.3 is 20.4 Å². The van der Waals surface area contributed by atoms with Crippen LogP contribution in [0.5, 0.6) is 23.0 Å². The zero-order valence-electron chi connectivity index (χ0n) is 18.0. The van der Waals surface area contributed by atoms with E-state index in [1.807, 2.05) is 24.3 Å². The van der Waals surface area contributed by atoms with E-state index in [0.717, 1.165) is 22.3 Å². The zero-order chi connectivity index (χ0) is 26.3. The quantitative estimate of drug-likeness (QED) is 0.163. The molecule has 4 aromatic rings. The molecule has 0 unspecified atom stereocenters. The first-order valence-electron chi connectivity index (χ1n) is 10.3. The van der Waals surface area contributed by atoms with Gasteiger partial charge in [0.05, 0.1) is 27.9 Å². The highest BCUT2D eigenvalue weighted by molar-refractivity contribution is 9.11. The van der Waals surface area contributed by atoms with Crippen molar-refractivity contribution in [2.75, 3.05) is 0 Å². The Morgan fingerprint density at radius 2 is 0.778 bits per heavy atom. The van der Waals surface area contributed by atoms with Crippen molar-refractivity contribution < 1.29 is 20.4 Å². The van der Waals surface area contributed by atoms with Gasteiger partial charge in [0.25, 0.3) is 0 Å². The highest BCUT2D eigenvalue weighted by atomic mass is 79.9. The van der Waals surface area contributed by atoms with Crippen molar-refractivity contribution in [2.45, 2.75) is 11.8 Å². The van der Waals surface area contributed by atoms with E-state index in [1.165, 1.54) is 12.1 Å². The first-order chi connectivity index (χ1) is 17.0. The molecule has 0 aliphatic rings. The number of phenolic OH excluding ortho intramolecular Hbond substituents is 4. The van der Waals surface area contributed by atoms with Crippen molar-refractivity contribution in [1.82, 2.24) is 0 Å². The summed E-state index contributed by atoms with van der Waals surface area (Å²) in [6.07, 6.45) is 0. The van der Waals surface area contributed by atoms with Crippen molar-refractivity contribution in [3.63, 3.8) is 0 Å². The number of halogens is 6. The number of aromatic hydroxyl groups is 4. The molecule has 0 spiro atoms. The summed E-state index contributed by atoms with van der Waals surface area (Å²) in [6, 6.07) is 17.2. The van der Waals surface area contributed by atoms with Crippen LogP contribution in [-0.2, 0) is 0 Å². The molecule has 0 radical (unpaired) electrons. The van der Waals surface area contributed by atoms with Crippen molar-refractivity contribution in [1.29, 1.82) is 0 Å². The van der Waals surface area contributed by atoms with Crippen LogP contribution in [0.4, 0.5) is 0 Å². The second-order valence-corrected chi connectivity index (χ2v) is 12.3. The lowest BCUT2D eigenvalue weighted by atomic mass is 9.73. The zero-order valence-corrected chi connectivity index (χ0v) is 25.8. The Kier molecular flexibility index (Phi) is 8.54. The van der Waals surface area contributed by atoms with E-state index in [1.54, 1.807) is 24.3 Å². The predicted octanol–water partition coefficient (Wildman–Crippen LogP) is 9.83. The van der Waals surface area contributed by atoms with Gasteiger partial charge in [-0.1, -0.05) is 35.3 Å². The standard InChI is InChI=1S/C26H16Br4Cl2O4/c27-15-5-13(6-16(28)25(15)35)24(14-7-17(29)26(36)18(30)8-14)23(11-1-3-21(33)19(31)9-11)12-2-4-22(34)20(32)10-12/h1-10,23-24,33-36H. The molecule has 4 nitrogen and oxygen atoms in total. The molecular weight excluding hydrogens is 767 g/mol. The smallest absolute Gasteiger partial charge is 0.143 e. The molecule has 4 N–H and O–H groups in total. The first kappa shape index (κ1) is 27.6. The van der Waals surface area contributed by atoms with Gasteiger partial charge in [-0.05, 0) is 135 Å². The van der Waals surface area contributed by atoms with Crippen LogP contribution in [0.15, 0.2) is 78.6 Å². The summed E-state index contributed by atoms with van der Waals surface area (Å²) >= 11 is 26.4. The maximum atomic E-state index is 10.4. The fraction of sp³-hybridized carbons (Fsp3) is 0.0769. The van der Waals surface area contributed by atoms with E-state index in [0.29, 0.717) is 17.9 Å². The molecule has 0 bridgehead atoms. The highest BCUT2D eigenvalue weighted by Crippen LogP contribution is 2.49. The number of hydrogen-bond acceptors (Lipinski definition) is 4. The normalized spacial score (nSPS) is 11.4. The van der Waals surface area contributed by atoms with Gasteiger partial charge in [0.2, 0.25) is 0 Å². The molecule has 0 atom stereocenters. The number of benzene rings is 4. The molecule has 186 valence electrons. The van der Waals surface area contributed by atoms with Gasteiger partial charge in [0, 0.05) is 11.8 Å². The average molecular weight is 783 g/mol. The molecule has 0 saturated heterocycles. The minimum atomic E-state index is -0.423.